The summed E-state index contributed by atoms with van der Waals surface area (Å²) in [5, 5.41) is 0.304. The van der Waals surface area contributed by atoms with Gasteiger partial charge in [0.1, 0.15) is 6.26 Å². The van der Waals surface area contributed by atoms with Crippen LogP contribution < -0.4 is 10.9 Å². The molecule has 0 unspecified atom stereocenters. The highest BCUT2D eigenvalue weighted by Crippen LogP contribution is 2.18. The molecule has 3 rings (SSSR count). The van der Waals surface area contributed by atoms with E-state index >= 15 is 0 Å². The van der Waals surface area contributed by atoms with Gasteiger partial charge in [0, 0.05) is 5.56 Å². The van der Waals surface area contributed by atoms with Gasteiger partial charge in [-0.15, -0.1) is 0 Å². The van der Waals surface area contributed by atoms with E-state index in [9.17, 15) is 9.59 Å². The second kappa shape index (κ2) is 7.63. The molecule has 6 nitrogen and oxygen atoms in total. The number of carbonyl (C=O) groups excluding carboxylic acids is 2. The van der Waals surface area contributed by atoms with Gasteiger partial charge in [-0.3, -0.25) is 20.4 Å². The first-order valence-electron chi connectivity index (χ1n) is 7.47. The lowest BCUT2D eigenvalue weighted by atomic mass is 10.2. The van der Waals surface area contributed by atoms with E-state index in [1.807, 2.05) is 30.3 Å². The molecule has 7 heteroatoms. The standard InChI is InChI=1S/C18H14ClN3O3/c19-15-9-5-4-8-14(15)17(24)22-21-16(23)10-13-11-25-18(20-13)12-6-2-1-3-7-12/h1-9,11H,10H2,(H,21,23)(H,22,24). The maximum absolute atomic E-state index is 12.0. The van der Waals surface area contributed by atoms with Gasteiger partial charge in [0.25, 0.3) is 5.91 Å². The zero-order valence-corrected chi connectivity index (χ0v) is 13.8. The third-order valence-corrected chi connectivity index (χ3v) is 3.68. The molecule has 0 aliphatic heterocycles. The summed E-state index contributed by atoms with van der Waals surface area (Å²) in [6, 6.07) is 15.9. The van der Waals surface area contributed by atoms with E-state index in [0.717, 1.165) is 5.56 Å². The van der Waals surface area contributed by atoms with Gasteiger partial charge in [-0.2, -0.15) is 0 Å². The molecule has 2 N–H and O–H groups in total. The van der Waals surface area contributed by atoms with Crippen molar-refractivity contribution in [2.75, 3.05) is 0 Å². The van der Waals surface area contributed by atoms with Crippen molar-refractivity contribution in [3.8, 4) is 11.5 Å². The SMILES string of the molecule is O=C(Cc1coc(-c2ccccc2)n1)NNC(=O)c1ccccc1Cl. The van der Waals surface area contributed by atoms with Crippen molar-refractivity contribution in [3.05, 3.63) is 77.1 Å². The fourth-order valence-corrected chi connectivity index (χ4v) is 2.37. The van der Waals surface area contributed by atoms with Crippen LogP contribution in [0.5, 0.6) is 0 Å². The fraction of sp³-hybridized carbons (Fsp3) is 0.0556. The normalized spacial score (nSPS) is 10.3. The zero-order chi connectivity index (χ0) is 17.6. The lowest BCUT2D eigenvalue weighted by Gasteiger charge is -2.07. The molecule has 1 aromatic heterocycles. The first kappa shape index (κ1) is 16.7. The average molecular weight is 356 g/mol. The van der Waals surface area contributed by atoms with Crippen molar-refractivity contribution in [1.29, 1.82) is 0 Å². The predicted molar refractivity (Wildman–Crippen MR) is 92.7 cm³/mol. The monoisotopic (exact) mass is 355 g/mol. The van der Waals surface area contributed by atoms with E-state index in [4.69, 9.17) is 16.0 Å². The first-order valence-corrected chi connectivity index (χ1v) is 7.85. The minimum absolute atomic E-state index is 0.0286. The summed E-state index contributed by atoms with van der Waals surface area (Å²) >= 11 is 5.93. The van der Waals surface area contributed by atoms with Crippen LogP contribution in [-0.4, -0.2) is 16.8 Å². The van der Waals surface area contributed by atoms with E-state index in [-0.39, 0.29) is 12.0 Å². The molecule has 0 bridgehead atoms. The van der Waals surface area contributed by atoms with Gasteiger partial charge >= 0.3 is 0 Å². The molecule has 2 aromatic carbocycles. The van der Waals surface area contributed by atoms with Crippen LogP contribution in [0.25, 0.3) is 11.5 Å². The molecule has 25 heavy (non-hydrogen) atoms. The number of nitrogens with zero attached hydrogens (tertiary/aromatic N) is 1. The van der Waals surface area contributed by atoms with Crippen molar-refractivity contribution < 1.29 is 14.0 Å². The van der Waals surface area contributed by atoms with Gasteiger partial charge in [-0.05, 0) is 24.3 Å². The van der Waals surface area contributed by atoms with Gasteiger partial charge in [0.15, 0.2) is 0 Å². The molecule has 1 heterocycles. The van der Waals surface area contributed by atoms with E-state index in [2.05, 4.69) is 15.8 Å². The number of hydrogen-bond donors (Lipinski definition) is 2. The molecule has 2 amide bonds. The summed E-state index contributed by atoms with van der Waals surface area (Å²) in [6.07, 6.45) is 1.39. The van der Waals surface area contributed by atoms with Gasteiger partial charge in [0.05, 0.1) is 22.7 Å². The van der Waals surface area contributed by atoms with Crippen LogP contribution in [0.3, 0.4) is 0 Å². The van der Waals surface area contributed by atoms with E-state index < -0.39 is 11.8 Å². The topological polar surface area (TPSA) is 84.2 Å². The maximum atomic E-state index is 12.0. The van der Waals surface area contributed by atoms with Crippen LogP contribution in [0.1, 0.15) is 16.1 Å². The van der Waals surface area contributed by atoms with E-state index in [0.29, 0.717) is 16.6 Å². The van der Waals surface area contributed by atoms with Gasteiger partial charge in [-0.1, -0.05) is 41.9 Å². The molecule has 126 valence electrons. The Kier molecular flexibility index (Phi) is 5.11. The second-order valence-corrected chi connectivity index (χ2v) is 5.58. The largest absolute Gasteiger partial charge is 0.444 e. The van der Waals surface area contributed by atoms with Crippen LogP contribution in [0.4, 0.5) is 0 Å². The Bertz CT molecular complexity index is 893. The molecule has 0 saturated carbocycles. The predicted octanol–water partition coefficient (Wildman–Crippen LogP) is 3.00. The Labute approximate surface area is 148 Å². The number of rotatable bonds is 4. The Balaban J connectivity index is 1.56. The number of aromatic nitrogens is 1. The van der Waals surface area contributed by atoms with Crippen molar-refractivity contribution in [1.82, 2.24) is 15.8 Å². The minimum Gasteiger partial charge on any atom is -0.444 e. The molecule has 0 aliphatic rings. The number of nitrogens with one attached hydrogen (secondary N) is 2. The second-order valence-electron chi connectivity index (χ2n) is 5.17. The molecule has 0 atom stereocenters. The van der Waals surface area contributed by atoms with E-state index in [1.54, 1.807) is 24.3 Å². The lowest BCUT2D eigenvalue weighted by Crippen LogP contribution is -2.42. The van der Waals surface area contributed by atoms with Crippen LogP contribution in [0, 0.1) is 0 Å². The van der Waals surface area contributed by atoms with Crippen molar-refractivity contribution in [2.45, 2.75) is 6.42 Å². The Hall–Kier alpha value is -3.12. The fourth-order valence-electron chi connectivity index (χ4n) is 2.15. The number of halogens is 1. The van der Waals surface area contributed by atoms with Crippen molar-refractivity contribution in [3.63, 3.8) is 0 Å². The summed E-state index contributed by atoms with van der Waals surface area (Å²) in [6.45, 7) is 0. The molecule has 0 radical (unpaired) electrons. The maximum Gasteiger partial charge on any atom is 0.271 e. The van der Waals surface area contributed by atoms with Crippen LogP contribution in [-0.2, 0) is 11.2 Å². The number of carbonyl (C=O) groups is 2. The van der Waals surface area contributed by atoms with Crippen molar-refractivity contribution in [2.24, 2.45) is 0 Å². The Morgan fingerprint density at radius 1 is 1.00 bits per heavy atom. The Morgan fingerprint density at radius 2 is 1.72 bits per heavy atom. The summed E-state index contributed by atoms with van der Waals surface area (Å²) in [7, 11) is 0. The highest BCUT2D eigenvalue weighted by Gasteiger charge is 2.13. The Morgan fingerprint density at radius 3 is 2.48 bits per heavy atom. The summed E-state index contributed by atoms with van der Waals surface area (Å²) in [5.74, 6) is -0.485. The number of amides is 2. The molecule has 0 spiro atoms. The first-order chi connectivity index (χ1) is 12.1. The zero-order valence-electron chi connectivity index (χ0n) is 13.0. The number of hydrogen-bond acceptors (Lipinski definition) is 4. The average Bonchev–Trinajstić information content (AvgIpc) is 3.09. The van der Waals surface area contributed by atoms with Gasteiger partial charge in [0.2, 0.25) is 11.8 Å². The third-order valence-electron chi connectivity index (χ3n) is 3.35. The highest BCUT2D eigenvalue weighted by molar-refractivity contribution is 6.33. The molecular weight excluding hydrogens is 342 g/mol. The smallest absolute Gasteiger partial charge is 0.271 e. The lowest BCUT2D eigenvalue weighted by molar-refractivity contribution is -0.121. The highest BCUT2D eigenvalue weighted by atomic mass is 35.5. The van der Waals surface area contributed by atoms with Gasteiger partial charge < -0.3 is 4.42 Å². The van der Waals surface area contributed by atoms with E-state index in [1.165, 1.54) is 6.26 Å². The summed E-state index contributed by atoms with van der Waals surface area (Å²) < 4.78 is 5.37. The van der Waals surface area contributed by atoms with Crippen LogP contribution in [0.2, 0.25) is 5.02 Å². The number of benzene rings is 2. The minimum atomic E-state index is -0.496. The molecule has 0 aliphatic carbocycles. The third kappa shape index (κ3) is 4.24. The summed E-state index contributed by atoms with van der Waals surface area (Å²) in [5.41, 5.74) is 6.20. The molecule has 0 saturated heterocycles. The summed E-state index contributed by atoms with van der Waals surface area (Å²) in [4.78, 5) is 28.2. The molecular formula is C18H14ClN3O3. The van der Waals surface area contributed by atoms with Gasteiger partial charge in [-0.25, -0.2) is 4.98 Å². The van der Waals surface area contributed by atoms with Crippen molar-refractivity contribution >= 4 is 23.4 Å². The quantitative estimate of drug-likeness (QED) is 0.705. The molecule has 0 fully saturated rings. The number of hydrazine groups is 1. The van der Waals surface area contributed by atoms with Crippen LogP contribution >= 0.6 is 11.6 Å². The number of oxazole rings is 1. The molecule has 3 aromatic rings. The van der Waals surface area contributed by atoms with Crippen LogP contribution in [0.15, 0.2) is 65.3 Å².